The fourth-order valence-electron chi connectivity index (χ4n) is 5.59. The number of hydrogen-bond acceptors (Lipinski definition) is 5. The zero-order valence-corrected chi connectivity index (χ0v) is 13.2. The number of carbonyl (C=O) groups excluding carboxylic acids is 2. The SMILES string of the molecule is CC(=O)N1C(C)C(O)[N+]23C[N+]4(C(C=O)CSC142)C(O)C3C. The third-order valence-corrected chi connectivity index (χ3v) is 8.12. The van der Waals surface area contributed by atoms with Gasteiger partial charge in [0.25, 0.3) is 6.23 Å². The van der Waals surface area contributed by atoms with Crippen molar-refractivity contribution in [3.63, 3.8) is 0 Å². The maximum Gasteiger partial charge on any atom is 0.377 e. The molecule has 8 unspecified atom stereocenters. The van der Waals surface area contributed by atoms with Crippen LogP contribution in [0.3, 0.4) is 0 Å². The smallest absolute Gasteiger partial charge is 0.343 e. The van der Waals surface area contributed by atoms with E-state index < -0.39 is 17.6 Å². The van der Waals surface area contributed by atoms with Gasteiger partial charge in [0.2, 0.25) is 18.8 Å². The number of quaternary nitrogens is 2. The molecule has 0 saturated carbocycles. The Bertz CT molecular complexity index is 562. The van der Waals surface area contributed by atoms with Crippen molar-refractivity contribution in [3.8, 4) is 0 Å². The van der Waals surface area contributed by atoms with Crippen LogP contribution >= 0.6 is 11.8 Å². The summed E-state index contributed by atoms with van der Waals surface area (Å²) in [6, 6.07) is -0.821. The number of rotatable bonds is 1. The molecule has 2 bridgehead atoms. The van der Waals surface area contributed by atoms with Gasteiger partial charge in [0.1, 0.15) is 6.04 Å². The minimum absolute atomic E-state index is 0.107. The summed E-state index contributed by atoms with van der Waals surface area (Å²) in [5.74, 6) is 0.473. The standard InChI is InChI=1S/C13H21N3O4S/c1-7-11(19)15-6-16(12(20)8(15)2)10(4-17)5-21-13(15,16)14(7)9(3)18/h4,7-8,10-12,19-20H,5-6H2,1-3H3/q+2. The summed E-state index contributed by atoms with van der Waals surface area (Å²) in [7, 11) is 0. The van der Waals surface area contributed by atoms with E-state index in [1.165, 1.54) is 6.92 Å². The molecule has 0 aromatic rings. The lowest BCUT2D eigenvalue weighted by Gasteiger charge is -2.58. The van der Waals surface area contributed by atoms with Crippen LogP contribution in [0.2, 0.25) is 0 Å². The van der Waals surface area contributed by atoms with Gasteiger partial charge in [0.05, 0.1) is 5.75 Å². The third-order valence-electron chi connectivity index (χ3n) is 6.34. The molecule has 5 rings (SSSR count). The van der Waals surface area contributed by atoms with E-state index in [4.69, 9.17) is 0 Å². The first-order valence-electron chi connectivity index (χ1n) is 7.33. The number of fused-ring (bicyclic) bond motifs is 1. The molecular formula is C13H21N3O4S+2. The summed E-state index contributed by atoms with van der Waals surface area (Å²) in [5, 5.41) is 20.9. The number of carbonyl (C=O) groups is 2. The normalized spacial score (nSPS) is 60.4. The molecule has 116 valence electrons. The minimum Gasteiger partial charge on any atom is -0.343 e. The molecule has 1 amide bonds. The third kappa shape index (κ3) is 0.971. The summed E-state index contributed by atoms with van der Waals surface area (Å²) in [6.07, 6.45) is -0.533. The molecule has 8 heteroatoms. The molecule has 0 aromatic carbocycles. The average Bonchev–Trinajstić information content (AvgIpc) is 2.93. The van der Waals surface area contributed by atoms with Gasteiger partial charge in [-0.3, -0.25) is 9.59 Å². The van der Waals surface area contributed by atoms with Gasteiger partial charge < -0.3 is 10.2 Å². The summed E-state index contributed by atoms with van der Waals surface area (Å²) in [5.41, 5.74) is 0. The molecular weight excluding hydrogens is 294 g/mol. The van der Waals surface area contributed by atoms with Crippen molar-refractivity contribution in [2.75, 3.05) is 12.4 Å². The number of aldehydes is 1. The first-order chi connectivity index (χ1) is 9.83. The van der Waals surface area contributed by atoms with E-state index in [0.29, 0.717) is 16.9 Å². The Morgan fingerprint density at radius 3 is 2.57 bits per heavy atom. The molecule has 5 fully saturated rings. The van der Waals surface area contributed by atoms with Crippen molar-refractivity contribution in [2.45, 2.75) is 56.5 Å². The Hall–Kier alpha value is -0.670. The highest BCUT2D eigenvalue weighted by atomic mass is 32.2. The second kappa shape index (κ2) is 3.62. The summed E-state index contributed by atoms with van der Waals surface area (Å²) in [4.78, 5) is 25.5. The zero-order valence-electron chi connectivity index (χ0n) is 12.3. The maximum atomic E-state index is 12.3. The number of aliphatic hydroxyl groups is 2. The first-order valence-corrected chi connectivity index (χ1v) is 8.32. The fraction of sp³-hybridized carbons (Fsp3) is 0.846. The van der Waals surface area contributed by atoms with Crippen molar-refractivity contribution >= 4 is 24.0 Å². The zero-order chi connectivity index (χ0) is 15.4. The largest absolute Gasteiger partial charge is 0.377 e. The average molecular weight is 315 g/mol. The van der Waals surface area contributed by atoms with Crippen LogP contribution in [0.25, 0.3) is 0 Å². The van der Waals surface area contributed by atoms with Gasteiger partial charge in [-0.1, -0.05) is 0 Å². The van der Waals surface area contributed by atoms with E-state index in [9.17, 15) is 19.8 Å². The minimum atomic E-state index is -0.727. The molecule has 0 aromatic heterocycles. The first kappa shape index (κ1) is 14.0. The molecule has 0 aliphatic carbocycles. The predicted octanol–water partition coefficient (Wildman–Crippen LogP) is -1.19. The molecule has 3 spiro atoms. The number of hydrogen-bond donors (Lipinski definition) is 2. The topological polar surface area (TPSA) is 77.8 Å². The molecule has 2 N–H and O–H groups in total. The number of aliphatic hydroxyl groups excluding tert-OH is 2. The van der Waals surface area contributed by atoms with Crippen LogP contribution in [0.15, 0.2) is 0 Å². The van der Waals surface area contributed by atoms with Crippen LogP contribution in [0.5, 0.6) is 0 Å². The lowest BCUT2D eigenvalue weighted by atomic mass is 10.2. The van der Waals surface area contributed by atoms with Crippen molar-refractivity contribution < 1.29 is 28.8 Å². The highest BCUT2D eigenvalue weighted by Crippen LogP contribution is 2.73. The molecule has 5 aliphatic heterocycles. The van der Waals surface area contributed by atoms with E-state index in [-0.39, 0.29) is 28.5 Å². The van der Waals surface area contributed by atoms with E-state index in [2.05, 4.69) is 0 Å². The Morgan fingerprint density at radius 1 is 1.33 bits per heavy atom. The monoisotopic (exact) mass is 315 g/mol. The van der Waals surface area contributed by atoms with Crippen LogP contribution in [0.4, 0.5) is 0 Å². The van der Waals surface area contributed by atoms with Gasteiger partial charge in [-0.25, -0.2) is 4.90 Å². The van der Waals surface area contributed by atoms with Gasteiger partial charge in [-0.05, 0) is 13.8 Å². The highest BCUT2D eigenvalue weighted by molar-refractivity contribution is 8.00. The van der Waals surface area contributed by atoms with E-state index in [1.807, 2.05) is 13.8 Å². The van der Waals surface area contributed by atoms with E-state index >= 15 is 0 Å². The van der Waals surface area contributed by atoms with E-state index in [0.717, 1.165) is 6.29 Å². The van der Waals surface area contributed by atoms with Crippen molar-refractivity contribution in [1.29, 1.82) is 0 Å². The van der Waals surface area contributed by atoms with Crippen LogP contribution in [-0.2, 0) is 9.59 Å². The molecule has 7 nitrogen and oxygen atoms in total. The lowest BCUT2D eigenvalue weighted by molar-refractivity contribution is -1.29. The van der Waals surface area contributed by atoms with Crippen molar-refractivity contribution in [2.24, 2.45) is 0 Å². The summed E-state index contributed by atoms with van der Waals surface area (Å²) >= 11 is 1.55. The maximum absolute atomic E-state index is 12.3. The lowest BCUT2D eigenvalue weighted by Crippen LogP contribution is -2.88. The van der Waals surface area contributed by atoms with E-state index in [1.54, 1.807) is 16.7 Å². The molecule has 5 heterocycles. The van der Waals surface area contributed by atoms with Gasteiger partial charge in [-0.2, -0.15) is 8.97 Å². The Labute approximate surface area is 127 Å². The highest BCUT2D eigenvalue weighted by Gasteiger charge is 3.01. The Kier molecular flexibility index (Phi) is 2.41. The summed E-state index contributed by atoms with van der Waals surface area (Å²) < 4.78 is 0.521. The molecule has 5 saturated heterocycles. The quantitative estimate of drug-likeness (QED) is 0.470. The van der Waals surface area contributed by atoms with Gasteiger partial charge >= 0.3 is 5.12 Å². The molecule has 0 radical (unpaired) electrons. The van der Waals surface area contributed by atoms with Gasteiger partial charge in [-0.15, -0.1) is 0 Å². The van der Waals surface area contributed by atoms with Crippen molar-refractivity contribution in [1.82, 2.24) is 4.90 Å². The number of nitrogens with zero attached hydrogens (tertiary/aromatic N) is 3. The molecule has 8 atom stereocenters. The van der Waals surface area contributed by atoms with Crippen LogP contribution in [-0.4, -0.2) is 84.4 Å². The Balaban J connectivity index is 1.98. The predicted molar refractivity (Wildman–Crippen MR) is 73.9 cm³/mol. The van der Waals surface area contributed by atoms with Crippen LogP contribution in [0, 0.1) is 0 Å². The van der Waals surface area contributed by atoms with Crippen molar-refractivity contribution in [3.05, 3.63) is 0 Å². The number of thioether (sulfide) groups is 1. The van der Waals surface area contributed by atoms with Gasteiger partial charge in [0, 0.05) is 18.7 Å². The van der Waals surface area contributed by atoms with Gasteiger partial charge in [0.15, 0.2) is 18.4 Å². The number of amides is 1. The second-order valence-corrected chi connectivity index (χ2v) is 7.96. The van der Waals surface area contributed by atoms with Crippen LogP contribution < -0.4 is 0 Å². The summed E-state index contributed by atoms with van der Waals surface area (Å²) in [6.45, 7) is 5.79. The molecule has 21 heavy (non-hydrogen) atoms. The fourth-order valence-corrected chi connectivity index (χ4v) is 7.88. The second-order valence-electron chi connectivity index (χ2n) is 6.79. The Morgan fingerprint density at radius 2 is 2.00 bits per heavy atom. The van der Waals surface area contributed by atoms with Crippen LogP contribution in [0.1, 0.15) is 20.8 Å². The molecule has 5 aliphatic rings.